The van der Waals surface area contributed by atoms with E-state index < -0.39 is 0 Å². The van der Waals surface area contributed by atoms with Gasteiger partial charge in [-0.05, 0) is 18.2 Å². The van der Waals surface area contributed by atoms with E-state index in [4.69, 9.17) is 4.74 Å². The monoisotopic (exact) mass is 419 g/mol. The molecule has 1 atom stereocenters. The summed E-state index contributed by atoms with van der Waals surface area (Å²) >= 11 is 3.40. The molecule has 24 heavy (non-hydrogen) atoms. The number of carbonyl (C=O) groups excluding carboxylic acids is 2. The summed E-state index contributed by atoms with van der Waals surface area (Å²) in [6.07, 6.45) is 0.259. The summed E-state index contributed by atoms with van der Waals surface area (Å²) in [7, 11) is 1.65. The number of halogens is 2. The maximum atomic E-state index is 12.2. The predicted octanol–water partition coefficient (Wildman–Crippen LogP) is 1.58. The van der Waals surface area contributed by atoms with Gasteiger partial charge in [0.15, 0.2) is 0 Å². The molecule has 0 aromatic heterocycles. The van der Waals surface area contributed by atoms with Gasteiger partial charge in [0, 0.05) is 49.9 Å². The Hall–Kier alpha value is -1.15. The van der Waals surface area contributed by atoms with Crippen molar-refractivity contribution in [2.24, 2.45) is 5.92 Å². The van der Waals surface area contributed by atoms with Gasteiger partial charge in [0.2, 0.25) is 11.8 Å². The second-order valence-corrected chi connectivity index (χ2v) is 6.33. The summed E-state index contributed by atoms with van der Waals surface area (Å²) in [6.45, 7) is 3.06. The average Bonchev–Trinajstić information content (AvgIpc) is 2.92. The van der Waals surface area contributed by atoms with Crippen molar-refractivity contribution in [2.45, 2.75) is 6.42 Å². The fraction of sp³-hybridized carbons (Fsp3) is 0.500. The molecule has 1 unspecified atom stereocenters. The second-order valence-electron chi connectivity index (χ2n) is 5.42. The van der Waals surface area contributed by atoms with Gasteiger partial charge in [-0.3, -0.25) is 9.59 Å². The number of nitrogens with zero attached hydrogens (tertiary/aromatic N) is 1. The van der Waals surface area contributed by atoms with Gasteiger partial charge < -0.3 is 20.3 Å². The number of amides is 2. The quantitative estimate of drug-likeness (QED) is 0.627. The van der Waals surface area contributed by atoms with Crippen LogP contribution in [-0.4, -0.2) is 51.7 Å². The first-order valence-electron chi connectivity index (χ1n) is 7.65. The summed E-state index contributed by atoms with van der Waals surface area (Å²) in [5.74, 6) is -0.369. The molecule has 1 heterocycles. The summed E-state index contributed by atoms with van der Waals surface area (Å²) in [4.78, 5) is 26.0. The molecule has 2 N–H and O–H groups in total. The molecule has 1 aliphatic rings. The fourth-order valence-electron chi connectivity index (χ4n) is 2.49. The van der Waals surface area contributed by atoms with Gasteiger partial charge in [0.05, 0.1) is 12.5 Å². The molecule has 2 rings (SSSR count). The molecule has 8 heteroatoms. The molecule has 0 spiro atoms. The van der Waals surface area contributed by atoms with Gasteiger partial charge in [-0.15, -0.1) is 12.4 Å². The molecule has 134 valence electrons. The Morgan fingerprint density at radius 3 is 2.88 bits per heavy atom. The zero-order valence-electron chi connectivity index (χ0n) is 13.6. The normalized spacial score (nSPS) is 16.8. The molecule has 0 radical (unpaired) electrons. The summed E-state index contributed by atoms with van der Waals surface area (Å²) in [5, 5.41) is 6.03. The van der Waals surface area contributed by atoms with Crippen molar-refractivity contribution < 1.29 is 14.3 Å². The Morgan fingerprint density at radius 2 is 2.17 bits per heavy atom. The lowest BCUT2D eigenvalue weighted by Gasteiger charge is -2.17. The summed E-state index contributed by atoms with van der Waals surface area (Å²) in [5.41, 5.74) is 0.820. The maximum Gasteiger partial charge on any atom is 0.227 e. The molecular formula is C16H23BrClN3O3. The SMILES string of the molecule is COCCNCCNC(=O)C1CC(=O)N(c2cccc(Br)c2)C1.Cl. The number of nitrogens with one attached hydrogen (secondary N) is 2. The third-order valence-corrected chi connectivity index (χ3v) is 4.19. The fourth-order valence-corrected chi connectivity index (χ4v) is 2.88. The van der Waals surface area contributed by atoms with Crippen LogP contribution in [0.5, 0.6) is 0 Å². The van der Waals surface area contributed by atoms with E-state index in [2.05, 4.69) is 26.6 Å². The lowest BCUT2D eigenvalue weighted by molar-refractivity contribution is -0.126. The van der Waals surface area contributed by atoms with E-state index in [1.807, 2.05) is 24.3 Å². The highest BCUT2D eigenvalue weighted by Gasteiger charge is 2.34. The van der Waals surface area contributed by atoms with Gasteiger partial charge in [-0.2, -0.15) is 0 Å². The van der Waals surface area contributed by atoms with Crippen molar-refractivity contribution in [1.29, 1.82) is 0 Å². The van der Waals surface area contributed by atoms with Crippen LogP contribution in [0.4, 0.5) is 5.69 Å². The molecule has 1 fully saturated rings. The average molecular weight is 421 g/mol. The lowest BCUT2D eigenvalue weighted by atomic mass is 10.1. The first kappa shape index (κ1) is 20.9. The first-order valence-corrected chi connectivity index (χ1v) is 8.44. The van der Waals surface area contributed by atoms with Crippen LogP contribution in [0.3, 0.4) is 0 Å². The molecule has 6 nitrogen and oxygen atoms in total. The van der Waals surface area contributed by atoms with Crippen LogP contribution >= 0.6 is 28.3 Å². The van der Waals surface area contributed by atoms with E-state index >= 15 is 0 Å². The maximum absolute atomic E-state index is 12.2. The van der Waals surface area contributed by atoms with Gasteiger partial charge >= 0.3 is 0 Å². The number of ether oxygens (including phenoxy) is 1. The number of benzene rings is 1. The third-order valence-electron chi connectivity index (χ3n) is 3.70. The highest BCUT2D eigenvalue weighted by Crippen LogP contribution is 2.27. The molecule has 1 aromatic carbocycles. The number of hydrogen-bond acceptors (Lipinski definition) is 4. The highest BCUT2D eigenvalue weighted by molar-refractivity contribution is 9.10. The van der Waals surface area contributed by atoms with E-state index in [0.717, 1.165) is 16.7 Å². The number of hydrogen-bond donors (Lipinski definition) is 2. The topological polar surface area (TPSA) is 70.7 Å². The van der Waals surface area contributed by atoms with Crippen LogP contribution in [-0.2, 0) is 14.3 Å². The van der Waals surface area contributed by atoms with Crippen molar-refractivity contribution in [2.75, 3.05) is 44.8 Å². The molecule has 2 amide bonds. The summed E-state index contributed by atoms with van der Waals surface area (Å²) in [6, 6.07) is 7.55. The Bertz CT molecular complexity index is 559. The molecule has 0 aliphatic carbocycles. The molecule has 1 saturated heterocycles. The summed E-state index contributed by atoms with van der Waals surface area (Å²) < 4.78 is 5.84. The van der Waals surface area contributed by atoms with Crippen molar-refractivity contribution in [3.8, 4) is 0 Å². The predicted molar refractivity (Wildman–Crippen MR) is 99.6 cm³/mol. The van der Waals surface area contributed by atoms with Crippen molar-refractivity contribution in [1.82, 2.24) is 10.6 Å². The van der Waals surface area contributed by atoms with Crippen LogP contribution in [0.1, 0.15) is 6.42 Å². The minimum Gasteiger partial charge on any atom is -0.383 e. The molecule has 1 aliphatic heterocycles. The van der Waals surface area contributed by atoms with Gasteiger partial charge in [0.25, 0.3) is 0 Å². The first-order chi connectivity index (χ1) is 11.1. The van der Waals surface area contributed by atoms with Crippen LogP contribution in [0.15, 0.2) is 28.7 Å². The highest BCUT2D eigenvalue weighted by atomic mass is 79.9. The smallest absolute Gasteiger partial charge is 0.227 e. The second kappa shape index (κ2) is 10.7. The lowest BCUT2D eigenvalue weighted by Crippen LogP contribution is -2.37. The standard InChI is InChI=1S/C16H22BrN3O3.ClH/c1-23-8-7-18-5-6-19-16(22)12-9-15(21)20(11-12)14-4-2-3-13(17)10-14;/h2-4,10,12,18H,5-9,11H2,1H3,(H,19,22);1H. The Labute approximate surface area is 156 Å². The minimum atomic E-state index is -0.291. The molecule has 0 saturated carbocycles. The van der Waals surface area contributed by atoms with Gasteiger partial charge in [0.1, 0.15) is 0 Å². The molecule has 0 bridgehead atoms. The number of carbonyl (C=O) groups is 2. The minimum absolute atomic E-state index is 0. The van der Waals surface area contributed by atoms with Crippen LogP contribution in [0.25, 0.3) is 0 Å². The van der Waals surface area contributed by atoms with E-state index in [0.29, 0.717) is 26.2 Å². The van der Waals surface area contributed by atoms with Crippen LogP contribution in [0.2, 0.25) is 0 Å². The number of rotatable bonds is 8. The zero-order chi connectivity index (χ0) is 16.7. The van der Waals surface area contributed by atoms with Crippen molar-refractivity contribution in [3.05, 3.63) is 28.7 Å². The third kappa shape index (κ3) is 6.05. The van der Waals surface area contributed by atoms with Gasteiger partial charge in [-0.25, -0.2) is 0 Å². The van der Waals surface area contributed by atoms with Crippen molar-refractivity contribution >= 4 is 45.8 Å². The van der Waals surface area contributed by atoms with E-state index in [-0.39, 0.29) is 36.6 Å². The Balaban J connectivity index is 0.00000288. The number of anilines is 1. The zero-order valence-corrected chi connectivity index (χ0v) is 16.0. The van der Waals surface area contributed by atoms with Crippen LogP contribution in [0, 0.1) is 5.92 Å². The number of methoxy groups -OCH3 is 1. The van der Waals surface area contributed by atoms with Crippen LogP contribution < -0.4 is 15.5 Å². The van der Waals surface area contributed by atoms with Gasteiger partial charge in [-0.1, -0.05) is 22.0 Å². The Kier molecular flexibility index (Phi) is 9.28. The molecular weight excluding hydrogens is 398 g/mol. The largest absolute Gasteiger partial charge is 0.383 e. The van der Waals surface area contributed by atoms with E-state index in [1.54, 1.807) is 12.0 Å². The van der Waals surface area contributed by atoms with E-state index in [1.165, 1.54) is 0 Å². The Morgan fingerprint density at radius 1 is 1.38 bits per heavy atom. The molecule has 1 aromatic rings. The van der Waals surface area contributed by atoms with Crippen molar-refractivity contribution in [3.63, 3.8) is 0 Å². The van der Waals surface area contributed by atoms with E-state index in [9.17, 15) is 9.59 Å².